The number of hydrogen-bond acceptors (Lipinski definition) is 3. The molecule has 96 valence electrons. The number of aromatic nitrogens is 1. The lowest BCUT2D eigenvalue weighted by molar-refractivity contribution is 0.224. The van der Waals surface area contributed by atoms with Crippen molar-refractivity contribution in [2.45, 2.75) is 13.3 Å². The van der Waals surface area contributed by atoms with Crippen LogP contribution in [0.3, 0.4) is 0 Å². The SMILES string of the molecule is CCN(C)C(=O)Nc1cc(C#CCCO)ccn1. The summed E-state index contributed by atoms with van der Waals surface area (Å²) in [6.45, 7) is 2.56. The number of rotatable bonds is 3. The molecule has 0 radical (unpaired) electrons. The molecule has 5 heteroatoms. The number of nitrogens with zero attached hydrogens (tertiary/aromatic N) is 2. The monoisotopic (exact) mass is 247 g/mol. The van der Waals surface area contributed by atoms with Crippen molar-refractivity contribution in [1.29, 1.82) is 0 Å². The van der Waals surface area contributed by atoms with Crippen molar-refractivity contribution in [1.82, 2.24) is 9.88 Å². The van der Waals surface area contributed by atoms with Gasteiger partial charge in [0.25, 0.3) is 0 Å². The number of carbonyl (C=O) groups is 1. The van der Waals surface area contributed by atoms with Crippen molar-refractivity contribution in [2.75, 3.05) is 25.5 Å². The molecule has 0 aliphatic heterocycles. The van der Waals surface area contributed by atoms with Gasteiger partial charge in [0.15, 0.2) is 0 Å². The average molecular weight is 247 g/mol. The quantitative estimate of drug-likeness (QED) is 0.791. The van der Waals surface area contributed by atoms with E-state index >= 15 is 0 Å². The van der Waals surface area contributed by atoms with Gasteiger partial charge < -0.3 is 10.0 Å². The largest absolute Gasteiger partial charge is 0.395 e. The number of nitrogens with one attached hydrogen (secondary N) is 1. The van der Waals surface area contributed by atoms with Crippen LogP contribution in [0.1, 0.15) is 18.9 Å². The summed E-state index contributed by atoms with van der Waals surface area (Å²) in [6.07, 6.45) is 2.02. The standard InChI is InChI=1S/C13H17N3O2/c1-3-16(2)13(18)15-12-10-11(7-8-14-12)6-4-5-9-17/h7-8,10,17H,3,5,9H2,1-2H3,(H,14,15,18). The van der Waals surface area contributed by atoms with Crippen LogP contribution < -0.4 is 5.32 Å². The molecule has 1 heterocycles. The molecule has 5 nitrogen and oxygen atoms in total. The number of carbonyl (C=O) groups excluding carboxylic acids is 1. The van der Waals surface area contributed by atoms with Crippen molar-refractivity contribution >= 4 is 11.8 Å². The zero-order chi connectivity index (χ0) is 13.4. The van der Waals surface area contributed by atoms with Crippen LogP contribution >= 0.6 is 0 Å². The number of urea groups is 1. The van der Waals surface area contributed by atoms with Gasteiger partial charge in [0.1, 0.15) is 5.82 Å². The first kappa shape index (κ1) is 14.0. The van der Waals surface area contributed by atoms with E-state index in [0.717, 1.165) is 5.56 Å². The van der Waals surface area contributed by atoms with Gasteiger partial charge in [0.05, 0.1) is 6.61 Å². The Balaban J connectivity index is 2.71. The zero-order valence-electron chi connectivity index (χ0n) is 10.6. The third-order valence-corrected chi connectivity index (χ3v) is 2.29. The zero-order valence-corrected chi connectivity index (χ0v) is 10.6. The fourth-order valence-electron chi connectivity index (χ4n) is 1.15. The minimum atomic E-state index is -0.203. The third-order valence-electron chi connectivity index (χ3n) is 2.29. The van der Waals surface area contributed by atoms with Gasteiger partial charge in [-0.05, 0) is 19.1 Å². The first-order valence-corrected chi connectivity index (χ1v) is 5.75. The van der Waals surface area contributed by atoms with Crippen LogP contribution in [0, 0.1) is 11.8 Å². The minimum Gasteiger partial charge on any atom is -0.395 e. The molecule has 0 unspecified atom stereocenters. The lowest BCUT2D eigenvalue weighted by Gasteiger charge is -2.14. The summed E-state index contributed by atoms with van der Waals surface area (Å²) in [5.41, 5.74) is 0.757. The Labute approximate surface area is 107 Å². The van der Waals surface area contributed by atoms with E-state index in [2.05, 4.69) is 22.1 Å². The number of pyridine rings is 1. The van der Waals surface area contributed by atoms with Gasteiger partial charge in [0, 0.05) is 31.8 Å². The van der Waals surface area contributed by atoms with E-state index < -0.39 is 0 Å². The Hall–Kier alpha value is -2.06. The summed E-state index contributed by atoms with van der Waals surface area (Å²) >= 11 is 0. The highest BCUT2D eigenvalue weighted by atomic mass is 16.2. The van der Waals surface area contributed by atoms with Crippen molar-refractivity contribution in [3.8, 4) is 11.8 Å². The maximum atomic E-state index is 11.6. The lowest BCUT2D eigenvalue weighted by Crippen LogP contribution is -2.31. The van der Waals surface area contributed by atoms with Crippen molar-refractivity contribution in [3.05, 3.63) is 23.9 Å². The highest BCUT2D eigenvalue weighted by molar-refractivity contribution is 5.88. The van der Waals surface area contributed by atoms with Crippen LogP contribution in [-0.2, 0) is 0 Å². The van der Waals surface area contributed by atoms with Crippen LogP contribution in [0.4, 0.5) is 10.6 Å². The Morgan fingerprint density at radius 1 is 1.61 bits per heavy atom. The van der Waals surface area contributed by atoms with Gasteiger partial charge in [-0.25, -0.2) is 9.78 Å². The fourth-order valence-corrected chi connectivity index (χ4v) is 1.15. The summed E-state index contributed by atoms with van der Waals surface area (Å²) in [6, 6.07) is 3.25. The second-order valence-corrected chi connectivity index (χ2v) is 3.65. The molecule has 0 atom stereocenters. The Morgan fingerprint density at radius 2 is 2.39 bits per heavy atom. The van der Waals surface area contributed by atoms with Gasteiger partial charge in [0.2, 0.25) is 0 Å². The highest BCUT2D eigenvalue weighted by Crippen LogP contribution is 2.06. The maximum Gasteiger partial charge on any atom is 0.322 e. The third kappa shape index (κ3) is 4.44. The molecule has 0 aliphatic rings. The number of amides is 2. The summed E-state index contributed by atoms with van der Waals surface area (Å²) in [7, 11) is 1.71. The van der Waals surface area contributed by atoms with Crippen molar-refractivity contribution in [2.24, 2.45) is 0 Å². The Morgan fingerprint density at radius 3 is 3.06 bits per heavy atom. The smallest absolute Gasteiger partial charge is 0.322 e. The predicted octanol–water partition coefficient (Wildman–Crippen LogP) is 1.30. The molecule has 2 N–H and O–H groups in total. The Kier molecular flexibility index (Phi) is 5.68. The minimum absolute atomic E-state index is 0.0446. The van der Waals surface area contributed by atoms with E-state index in [4.69, 9.17) is 5.11 Å². The summed E-state index contributed by atoms with van der Waals surface area (Å²) in [4.78, 5) is 17.2. The van der Waals surface area contributed by atoms with E-state index in [-0.39, 0.29) is 12.6 Å². The lowest BCUT2D eigenvalue weighted by atomic mass is 10.2. The topological polar surface area (TPSA) is 65.5 Å². The fraction of sp³-hybridized carbons (Fsp3) is 0.385. The second-order valence-electron chi connectivity index (χ2n) is 3.65. The van der Waals surface area contributed by atoms with E-state index in [1.165, 1.54) is 0 Å². The Bertz CT molecular complexity index is 463. The molecule has 2 amide bonds. The molecular weight excluding hydrogens is 230 g/mol. The molecule has 1 rings (SSSR count). The first-order valence-electron chi connectivity index (χ1n) is 5.75. The van der Waals surface area contributed by atoms with E-state index in [1.807, 2.05) is 6.92 Å². The van der Waals surface area contributed by atoms with Gasteiger partial charge in [-0.3, -0.25) is 5.32 Å². The number of aliphatic hydroxyl groups is 1. The molecule has 18 heavy (non-hydrogen) atoms. The summed E-state index contributed by atoms with van der Waals surface area (Å²) in [5.74, 6) is 6.17. The number of hydrogen-bond donors (Lipinski definition) is 2. The van der Waals surface area contributed by atoms with Crippen molar-refractivity contribution in [3.63, 3.8) is 0 Å². The van der Waals surface area contributed by atoms with E-state index in [0.29, 0.717) is 18.8 Å². The summed E-state index contributed by atoms with van der Waals surface area (Å²) in [5, 5.41) is 11.3. The van der Waals surface area contributed by atoms with Crippen molar-refractivity contribution < 1.29 is 9.90 Å². The van der Waals surface area contributed by atoms with Crippen LogP contribution in [0.15, 0.2) is 18.3 Å². The molecule has 0 saturated heterocycles. The second kappa shape index (κ2) is 7.30. The van der Waals surface area contributed by atoms with Gasteiger partial charge in [-0.15, -0.1) is 0 Å². The molecule has 0 bridgehead atoms. The van der Waals surface area contributed by atoms with Crippen LogP contribution in [0.5, 0.6) is 0 Å². The normalized spacial score (nSPS) is 9.28. The number of aliphatic hydroxyl groups excluding tert-OH is 1. The predicted molar refractivity (Wildman–Crippen MR) is 70.1 cm³/mol. The van der Waals surface area contributed by atoms with Crippen LogP contribution in [-0.4, -0.2) is 41.2 Å². The molecule has 0 fully saturated rings. The molecule has 0 saturated carbocycles. The van der Waals surface area contributed by atoms with Crippen LogP contribution in [0.25, 0.3) is 0 Å². The van der Waals surface area contributed by atoms with Gasteiger partial charge in [-0.2, -0.15) is 0 Å². The molecule has 0 aromatic carbocycles. The van der Waals surface area contributed by atoms with Gasteiger partial charge in [-0.1, -0.05) is 11.8 Å². The maximum absolute atomic E-state index is 11.6. The molecule has 1 aromatic heterocycles. The average Bonchev–Trinajstić information content (AvgIpc) is 2.38. The van der Waals surface area contributed by atoms with Crippen LogP contribution in [0.2, 0.25) is 0 Å². The number of anilines is 1. The van der Waals surface area contributed by atoms with E-state index in [9.17, 15) is 4.79 Å². The molecule has 0 spiro atoms. The van der Waals surface area contributed by atoms with E-state index in [1.54, 1.807) is 30.3 Å². The highest BCUT2D eigenvalue weighted by Gasteiger charge is 2.06. The summed E-state index contributed by atoms with van der Waals surface area (Å²) < 4.78 is 0. The molecular formula is C13H17N3O2. The first-order chi connectivity index (χ1) is 8.67. The molecule has 1 aromatic rings. The van der Waals surface area contributed by atoms with Gasteiger partial charge >= 0.3 is 6.03 Å². The molecule has 0 aliphatic carbocycles.